The zero-order valence-electron chi connectivity index (χ0n) is 22.5. The molecule has 3 aromatic rings. The highest BCUT2D eigenvalue weighted by molar-refractivity contribution is 5.94. The highest BCUT2D eigenvalue weighted by Gasteiger charge is 2.13. The molecule has 3 aromatic carbocycles. The summed E-state index contributed by atoms with van der Waals surface area (Å²) in [5, 5.41) is 9.90. The molecule has 36 heavy (non-hydrogen) atoms. The molecular weight excluding hydrogens is 438 g/mol. The number of carbonyl (C=O) groups is 1. The van der Waals surface area contributed by atoms with Crippen LogP contribution in [0.1, 0.15) is 93.0 Å². The molecule has 2 nitrogen and oxygen atoms in total. The van der Waals surface area contributed by atoms with Crippen LogP contribution in [-0.4, -0.2) is 5.78 Å². The summed E-state index contributed by atoms with van der Waals surface area (Å²) in [4.78, 5) is 11.5. The summed E-state index contributed by atoms with van der Waals surface area (Å²) in [6.45, 7) is 10.4. The third kappa shape index (κ3) is 7.05. The summed E-state index contributed by atoms with van der Waals surface area (Å²) in [7, 11) is 0. The molecule has 0 saturated heterocycles. The van der Waals surface area contributed by atoms with Crippen molar-refractivity contribution in [3.05, 3.63) is 99.6 Å². The van der Waals surface area contributed by atoms with Crippen LogP contribution in [0.25, 0.3) is 17.2 Å². The fraction of sp³-hybridized carbons (Fsp3) is 0.353. The highest BCUT2D eigenvalue weighted by atomic mass is 16.1. The van der Waals surface area contributed by atoms with Crippen molar-refractivity contribution < 1.29 is 6.22 Å². The number of carbonyl (C=O) groups excluding carboxylic acids is 1. The average Bonchev–Trinajstić information content (AvgIpc) is 2.88. The maximum atomic E-state index is 11.5. The predicted octanol–water partition coefficient (Wildman–Crippen LogP) is 9.39. The standard InChI is InChI=1S/C34H39NO.H2/c1-6-8-10-27(7-2)21-31-17-18-32(22-33(31)23-35)34-12-9-11-30(25(34)4)20-24(3)19-28-13-15-29(16-14-28)26(5)36;/h9,11-18,20,22,27H,6-8,10,19,21H2,1-5H3;1H/b24-20+;. The molecule has 0 aliphatic rings. The number of allylic oxidation sites excluding steroid dienone is 1. The Hall–Kier alpha value is -3.44. The Morgan fingerprint density at radius 2 is 1.81 bits per heavy atom. The van der Waals surface area contributed by atoms with Crippen LogP contribution in [0.15, 0.2) is 66.2 Å². The molecule has 1 atom stereocenters. The zero-order valence-corrected chi connectivity index (χ0v) is 22.5. The van der Waals surface area contributed by atoms with Gasteiger partial charge < -0.3 is 0 Å². The topological polar surface area (TPSA) is 40.9 Å². The monoisotopic (exact) mass is 479 g/mol. The number of unbranched alkanes of at least 4 members (excludes halogenated alkanes) is 1. The van der Waals surface area contributed by atoms with Gasteiger partial charge in [-0.1, -0.05) is 106 Å². The molecular formula is C34H41NO. The third-order valence-corrected chi connectivity index (χ3v) is 7.21. The number of ketones is 1. The van der Waals surface area contributed by atoms with Gasteiger partial charge in [-0.25, -0.2) is 0 Å². The van der Waals surface area contributed by atoms with Crippen molar-refractivity contribution in [1.29, 1.82) is 5.26 Å². The van der Waals surface area contributed by atoms with Gasteiger partial charge in [-0.15, -0.1) is 0 Å². The summed E-state index contributed by atoms with van der Waals surface area (Å²) in [5.41, 5.74) is 9.85. The molecule has 0 N–H and O–H groups in total. The molecule has 0 radical (unpaired) electrons. The first-order valence-corrected chi connectivity index (χ1v) is 13.3. The number of hydrogen-bond donors (Lipinski definition) is 0. The second-order valence-corrected chi connectivity index (χ2v) is 10.0. The maximum absolute atomic E-state index is 11.5. The van der Waals surface area contributed by atoms with Gasteiger partial charge in [0.05, 0.1) is 11.6 Å². The van der Waals surface area contributed by atoms with Crippen molar-refractivity contribution in [2.45, 2.75) is 73.1 Å². The minimum absolute atomic E-state index is 0. The summed E-state index contributed by atoms with van der Waals surface area (Å²) in [6.07, 6.45) is 8.92. The Morgan fingerprint density at radius 3 is 2.44 bits per heavy atom. The van der Waals surface area contributed by atoms with Gasteiger partial charge >= 0.3 is 0 Å². The van der Waals surface area contributed by atoms with Crippen molar-refractivity contribution in [2.24, 2.45) is 5.92 Å². The van der Waals surface area contributed by atoms with E-state index in [4.69, 9.17) is 0 Å². The van der Waals surface area contributed by atoms with E-state index in [9.17, 15) is 10.1 Å². The first-order chi connectivity index (χ1) is 17.4. The molecule has 188 valence electrons. The molecule has 0 fully saturated rings. The van der Waals surface area contributed by atoms with Crippen LogP contribution >= 0.6 is 0 Å². The SMILES string of the molecule is CCCCC(CC)Cc1ccc(-c2cccc(/C=C(\C)Cc3ccc(C(C)=O)cc3)c2C)cc1C#N.[HH]. The van der Waals surface area contributed by atoms with E-state index in [0.29, 0.717) is 5.92 Å². The van der Waals surface area contributed by atoms with E-state index in [1.807, 2.05) is 24.3 Å². The Labute approximate surface area is 219 Å². The fourth-order valence-electron chi connectivity index (χ4n) is 4.90. The number of benzene rings is 3. The van der Waals surface area contributed by atoms with E-state index in [-0.39, 0.29) is 7.21 Å². The van der Waals surface area contributed by atoms with Crippen LogP contribution in [0.5, 0.6) is 0 Å². The second kappa shape index (κ2) is 13.0. The van der Waals surface area contributed by atoms with Gasteiger partial charge in [0, 0.05) is 6.99 Å². The van der Waals surface area contributed by atoms with Crippen LogP contribution in [0.3, 0.4) is 0 Å². The Balaban J connectivity index is 0.00000481. The van der Waals surface area contributed by atoms with Crippen LogP contribution in [0.4, 0.5) is 0 Å². The third-order valence-electron chi connectivity index (χ3n) is 7.21. The molecule has 0 spiro atoms. The molecule has 0 aliphatic carbocycles. The number of Topliss-reactive ketones (excluding diaryl/α,β-unsaturated/α-hetero) is 1. The largest absolute Gasteiger partial charge is 0.295 e. The molecule has 2 heteroatoms. The maximum Gasteiger partial charge on any atom is 0.159 e. The van der Waals surface area contributed by atoms with Crippen molar-refractivity contribution in [3.63, 3.8) is 0 Å². The van der Waals surface area contributed by atoms with Crippen LogP contribution in [0.2, 0.25) is 0 Å². The lowest BCUT2D eigenvalue weighted by Gasteiger charge is -2.16. The fourth-order valence-corrected chi connectivity index (χ4v) is 4.90. The number of nitrogens with zero attached hydrogens (tertiary/aromatic N) is 1. The van der Waals surface area contributed by atoms with E-state index in [0.717, 1.165) is 36.0 Å². The van der Waals surface area contributed by atoms with Gasteiger partial charge in [0.2, 0.25) is 0 Å². The van der Waals surface area contributed by atoms with Crippen molar-refractivity contribution in [3.8, 4) is 17.2 Å². The molecule has 0 amide bonds. The number of hydrogen-bond acceptors (Lipinski definition) is 2. The average molecular weight is 480 g/mol. The van der Waals surface area contributed by atoms with Gasteiger partial charge in [0.1, 0.15) is 0 Å². The lowest BCUT2D eigenvalue weighted by Crippen LogP contribution is -2.05. The van der Waals surface area contributed by atoms with Crippen LogP contribution in [0, 0.1) is 24.2 Å². The minimum atomic E-state index is 0. The summed E-state index contributed by atoms with van der Waals surface area (Å²) < 4.78 is 0. The normalized spacial score (nSPS) is 12.3. The molecule has 3 rings (SSSR count). The summed E-state index contributed by atoms with van der Waals surface area (Å²) in [6, 6.07) is 23.2. The molecule has 1 unspecified atom stereocenters. The van der Waals surface area contributed by atoms with E-state index in [2.05, 4.69) is 76.2 Å². The Morgan fingerprint density at radius 1 is 1.06 bits per heavy atom. The van der Waals surface area contributed by atoms with E-state index in [1.54, 1.807) is 6.92 Å². The second-order valence-electron chi connectivity index (χ2n) is 10.0. The van der Waals surface area contributed by atoms with Crippen molar-refractivity contribution in [2.75, 3.05) is 0 Å². The van der Waals surface area contributed by atoms with Crippen LogP contribution in [-0.2, 0) is 12.8 Å². The number of rotatable bonds is 11. The zero-order chi connectivity index (χ0) is 26.1. The lowest BCUT2D eigenvalue weighted by atomic mass is 9.88. The van der Waals surface area contributed by atoms with Gasteiger partial charge in [0.25, 0.3) is 0 Å². The van der Waals surface area contributed by atoms with Gasteiger partial charge in [-0.05, 0) is 79.0 Å². The Kier molecular flexibility index (Phi) is 9.83. The first kappa shape index (κ1) is 27.2. The van der Waals surface area contributed by atoms with Crippen LogP contribution < -0.4 is 0 Å². The predicted molar refractivity (Wildman–Crippen MR) is 154 cm³/mol. The summed E-state index contributed by atoms with van der Waals surface area (Å²) in [5.74, 6) is 0.732. The van der Waals surface area contributed by atoms with Gasteiger partial charge in [-0.2, -0.15) is 5.26 Å². The van der Waals surface area contributed by atoms with E-state index < -0.39 is 0 Å². The first-order valence-electron chi connectivity index (χ1n) is 13.3. The van der Waals surface area contributed by atoms with Crippen molar-refractivity contribution >= 4 is 11.9 Å². The van der Waals surface area contributed by atoms with Crippen molar-refractivity contribution in [1.82, 2.24) is 0 Å². The molecule has 0 saturated carbocycles. The lowest BCUT2D eigenvalue weighted by molar-refractivity contribution is 0.101. The molecule has 0 aliphatic heterocycles. The van der Waals surface area contributed by atoms with Gasteiger partial charge in [-0.3, -0.25) is 4.79 Å². The molecule has 0 bridgehead atoms. The molecule has 0 aromatic heterocycles. The minimum Gasteiger partial charge on any atom is -0.295 e. The van der Waals surface area contributed by atoms with E-state index in [1.165, 1.54) is 52.7 Å². The summed E-state index contributed by atoms with van der Waals surface area (Å²) >= 11 is 0. The highest BCUT2D eigenvalue weighted by Crippen LogP contribution is 2.30. The quantitative estimate of drug-likeness (QED) is 0.257. The number of nitriles is 1. The smallest absolute Gasteiger partial charge is 0.159 e. The Bertz CT molecular complexity index is 1260. The molecule has 0 heterocycles. The van der Waals surface area contributed by atoms with Gasteiger partial charge in [0.15, 0.2) is 5.78 Å². The van der Waals surface area contributed by atoms with E-state index >= 15 is 0 Å².